The van der Waals surface area contributed by atoms with E-state index in [2.05, 4.69) is 6.92 Å². The van der Waals surface area contributed by atoms with Crippen molar-refractivity contribution in [3.05, 3.63) is 0 Å². The molecule has 2 aliphatic carbocycles. The quantitative estimate of drug-likeness (QED) is 0.800. The number of carbonyl (C=O) groups excluding carboxylic acids is 1. The van der Waals surface area contributed by atoms with Gasteiger partial charge in [0.2, 0.25) is 0 Å². The molecule has 0 aliphatic heterocycles. The summed E-state index contributed by atoms with van der Waals surface area (Å²) in [6, 6.07) is 0. The van der Waals surface area contributed by atoms with Crippen LogP contribution in [0.5, 0.6) is 0 Å². The van der Waals surface area contributed by atoms with E-state index in [4.69, 9.17) is 0 Å². The molecule has 2 heteroatoms. The fourth-order valence-corrected chi connectivity index (χ4v) is 3.88. The predicted molar refractivity (Wildman–Crippen MR) is 64.2 cm³/mol. The molecule has 2 aliphatic rings. The molecule has 0 aromatic rings. The van der Waals surface area contributed by atoms with Crippen molar-refractivity contribution in [2.24, 2.45) is 11.3 Å². The van der Waals surface area contributed by atoms with Crippen molar-refractivity contribution in [3.8, 4) is 0 Å². The Balaban J connectivity index is 2.15. The van der Waals surface area contributed by atoms with Crippen LogP contribution < -0.4 is 0 Å². The third-order valence-corrected chi connectivity index (χ3v) is 4.75. The Labute approximate surface area is 98.4 Å². The number of aliphatic hydroxyl groups is 1. The lowest BCUT2D eigenvalue weighted by Gasteiger charge is -2.43. The van der Waals surface area contributed by atoms with Gasteiger partial charge in [-0.1, -0.05) is 19.8 Å². The van der Waals surface area contributed by atoms with Crippen LogP contribution in [0.25, 0.3) is 0 Å². The molecule has 1 N–H and O–H groups in total. The second kappa shape index (κ2) is 4.87. The molecule has 0 amide bonds. The number of hydrogen-bond acceptors (Lipinski definition) is 2. The van der Waals surface area contributed by atoms with E-state index in [0.717, 1.165) is 57.8 Å². The standard InChI is InChI=1S/C14H24O2/c1-2-3-6-11-12(15)7-4-9-14(11)10-5-8-13(14)16/h11-12,15H,2-10H2,1H3/t11-,12+,14+/m0/s1. The van der Waals surface area contributed by atoms with E-state index in [9.17, 15) is 9.90 Å². The second-order valence-corrected chi connectivity index (χ2v) is 5.64. The molecule has 0 radical (unpaired) electrons. The van der Waals surface area contributed by atoms with Gasteiger partial charge in [0.25, 0.3) is 0 Å². The summed E-state index contributed by atoms with van der Waals surface area (Å²) in [6.07, 6.45) is 8.97. The third kappa shape index (κ3) is 1.92. The molecule has 0 unspecified atom stereocenters. The Morgan fingerprint density at radius 3 is 2.75 bits per heavy atom. The lowest BCUT2D eigenvalue weighted by molar-refractivity contribution is -0.136. The Kier molecular flexibility index (Phi) is 3.68. The summed E-state index contributed by atoms with van der Waals surface area (Å²) >= 11 is 0. The van der Waals surface area contributed by atoms with Gasteiger partial charge in [0.05, 0.1) is 6.10 Å². The summed E-state index contributed by atoms with van der Waals surface area (Å²) in [4.78, 5) is 12.2. The molecule has 0 aromatic heterocycles. The van der Waals surface area contributed by atoms with Gasteiger partial charge >= 0.3 is 0 Å². The summed E-state index contributed by atoms with van der Waals surface area (Å²) in [6.45, 7) is 2.18. The SMILES string of the molecule is CCCC[C@H]1[C@H](O)CCC[C@@]12CCCC2=O. The van der Waals surface area contributed by atoms with Gasteiger partial charge in [0.15, 0.2) is 0 Å². The zero-order valence-electron chi connectivity index (χ0n) is 10.4. The second-order valence-electron chi connectivity index (χ2n) is 5.64. The molecule has 2 saturated carbocycles. The molecule has 2 fully saturated rings. The molecular formula is C14H24O2. The molecule has 16 heavy (non-hydrogen) atoms. The molecule has 2 rings (SSSR count). The van der Waals surface area contributed by atoms with Crippen molar-refractivity contribution >= 4 is 5.78 Å². The van der Waals surface area contributed by atoms with Gasteiger partial charge in [0.1, 0.15) is 5.78 Å². The van der Waals surface area contributed by atoms with E-state index in [0.29, 0.717) is 5.78 Å². The Morgan fingerprint density at radius 1 is 1.38 bits per heavy atom. The highest BCUT2D eigenvalue weighted by atomic mass is 16.3. The van der Waals surface area contributed by atoms with Crippen LogP contribution in [-0.2, 0) is 4.79 Å². The summed E-state index contributed by atoms with van der Waals surface area (Å²) in [5.41, 5.74) is -0.118. The van der Waals surface area contributed by atoms with Crippen LogP contribution in [0, 0.1) is 11.3 Å². The summed E-state index contributed by atoms with van der Waals surface area (Å²) in [5, 5.41) is 10.2. The Hall–Kier alpha value is -0.370. The minimum Gasteiger partial charge on any atom is -0.393 e. The molecule has 0 aromatic carbocycles. The normalized spacial score (nSPS) is 39.5. The van der Waals surface area contributed by atoms with Gasteiger partial charge in [-0.05, 0) is 44.4 Å². The predicted octanol–water partition coefficient (Wildman–Crippen LogP) is 3.08. The zero-order valence-corrected chi connectivity index (χ0v) is 10.4. The molecule has 0 saturated heterocycles. The maximum absolute atomic E-state index is 12.2. The number of carbonyl (C=O) groups is 1. The number of rotatable bonds is 3. The Morgan fingerprint density at radius 2 is 2.12 bits per heavy atom. The van der Waals surface area contributed by atoms with Crippen LogP contribution in [0.2, 0.25) is 0 Å². The lowest BCUT2D eigenvalue weighted by Crippen LogP contribution is -2.44. The molecule has 3 atom stereocenters. The fourth-order valence-electron chi connectivity index (χ4n) is 3.88. The zero-order chi connectivity index (χ0) is 11.6. The van der Waals surface area contributed by atoms with Gasteiger partial charge in [-0.15, -0.1) is 0 Å². The van der Waals surface area contributed by atoms with Gasteiger partial charge < -0.3 is 5.11 Å². The topological polar surface area (TPSA) is 37.3 Å². The van der Waals surface area contributed by atoms with E-state index in [-0.39, 0.29) is 17.4 Å². The van der Waals surface area contributed by atoms with Crippen LogP contribution in [0.15, 0.2) is 0 Å². The Bertz CT molecular complexity index is 261. The monoisotopic (exact) mass is 224 g/mol. The highest BCUT2D eigenvalue weighted by Crippen LogP contribution is 2.52. The number of Topliss-reactive ketones (excluding diaryl/α,β-unsaturated/α-hetero) is 1. The first-order valence-electron chi connectivity index (χ1n) is 6.92. The first-order chi connectivity index (χ1) is 7.70. The maximum Gasteiger partial charge on any atom is 0.139 e. The molecule has 1 spiro atoms. The minimum absolute atomic E-state index is 0.118. The van der Waals surface area contributed by atoms with Crippen LogP contribution in [0.3, 0.4) is 0 Å². The number of aliphatic hydroxyl groups excluding tert-OH is 1. The first-order valence-corrected chi connectivity index (χ1v) is 6.92. The van der Waals surface area contributed by atoms with Gasteiger partial charge in [-0.2, -0.15) is 0 Å². The van der Waals surface area contributed by atoms with Crippen LogP contribution >= 0.6 is 0 Å². The van der Waals surface area contributed by atoms with Crippen LogP contribution in [-0.4, -0.2) is 17.0 Å². The number of hydrogen-bond donors (Lipinski definition) is 1. The number of unbranched alkanes of at least 4 members (excludes halogenated alkanes) is 1. The van der Waals surface area contributed by atoms with Crippen molar-refractivity contribution < 1.29 is 9.90 Å². The van der Waals surface area contributed by atoms with Crippen LogP contribution in [0.4, 0.5) is 0 Å². The van der Waals surface area contributed by atoms with E-state index in [1.165, 1.54) is 0 Å². The fraction of sp³-hybridized carbons (Fsp3) is 0.929. The lowest BCUT2D eigenvalue weighted by atomic mass is 9.62. The molecule has 0 bridgehead atoms. The highest BCUT2D eigenvalue weighted by molar-refractivity contribution is 5.87. The van der Waals surface area contributed by atoms with Crippen molar-refractivity contribution in [3.63, 3.8) is 0 Å². The molecule has 0 heterocycles. The summed E-state index contributed by atoms with van der Waals surface area (Å²) in [5.74, 6) is 0.712. The molecular weight excluding hydrogens is 200 g/mol. The van der Waals surface area contributed by atoms with E-state index < -0.39 is 0 Å². The van der Waals surface area contributed by atoms with Crippen molar-refractivity contribution in [2.45, 2.75) is 70.8 Å². The van der Waals surface area contributed by atoms with Crippen molar-refractivity contribution in [1.82, 2.24) is 0 Å². The number of ketones is 1. The van der Waals surface area contributed by atoms with Gasteiger partial charge in [-0.3, -0.25) is 4.79 Å². The summed E-state index contributed by atoms with van der Waals surface area (Å²) < 4.78 is 0. The highest BCUT2D eigenvalue weighted by Gasteiger charge is 2.51. The van der Waals surface area contributed by atoms with Crippen LogP contribution in [0.1, 0.15) is 64.7 Å². The van der Waals surface area contributed by atoms with E-state index >= 15 is 0 Å². The molecule has 92 valence electrons. The van der Waals surface area contributed by atoms with Gasteiger partial charge in [0, 0.05) is 11.8 Å². The largest absolute Gasteiger partial charge is 0.393 e. The maximum atomic E-state index is 12.2. The molecule has 2 nitrogen and oxygen atoms in total. The van der Waals surface area contributed by atoms with Gasteiger partial charge in [-0.25, -0.2) is 0 Å². The smallest absolute Gasteiger partial charge is 0.139 e. The van der Waals surface area contributed by atoms with Crippen molar-refractivity contribution in [1.29, 1.82) is 0 Å². The summed E-state index contributed by atoms with van der Waals surface area (Å²) in [7, 11) is 0. The van der Waals surface area contributed by atoms with E-state index in [1.807, 2.05) is 0 Å². The van der Waals surface area contributed by atoms with Crippen molar-refractivity contribution in [2.75, 3.05) is 0 Å². The first kappa shape index (κ1) is 12.1. The third-order valence-electron chi connectivity index (χ3n) is 4.75. The average Bonchev–Trinajstić information content (AvgIpc) is 2.61. The average molecular weight is 224 g/mol. The van der Waals surface area contributed by atoms with E-state index in [1.54, 1.807) is 0 Å². The minimum atomic E-state index is -0.220.